The molecule has 1 aromatic heterocycles. The maximum absolute atomic E-state index is 13.2. The molecular weight excluding hydrogens is 448 g/mol. The van der Waals surface area contributed by atoms with Gasteiger partial charge in [-0.2, -0.15) is 4.31 Å². The van der Waals surface area contributed by atoms with E-state index >= 15 is 0 Å². The van der Waals surface area contributed by atoms with E-state index in [1.54, 1.807) is 12.1 Å². The second-order valence-corrected chi connectivity index (χ2v) is 11.7. The minimum absolute atomic E-state index is 0.245. The van der Waals surface area contributed by atoms with Crippen LogP contribution in [0.3, 0.4) is 0 Å². The Kier molecular flexibility index (Phi) is 7.97. The Morgan fingerprint density at radius 3 is 2.50 bits per heavy atom. The lowest BCUT2D eigenvalue weighted by Crippen LogP contribution is -2.39. The summed E-state index contributed by atoms with van der Waals surface area (Å²) in [5, 5.41) is 0. The van der Waals surface area contributed by atoms with E-state index in [1.807, 2.05) is 19.9 Å². The first-order valence-electron chi connectivity index (χ1n) is 13.2. The van der Waals surface area contributed by atoms with Crippen LogP contribution in [0.1, 0.15) is 78.0 Å². The molecule has 1 saturated heterocycles. The molecule has 0 N–H and O–H groups in total. The van der Waals surface area contributed by atoms with Crippen molar-refractivity contribution in [1.29, 1.82) is 0 Å². The van der Waals surface area contributed by atoms with E-state index in [4.69, 9.17) is 4.98 Å². The Bertz CT molecular complexity index is 1100. The zero-order valence-electron chi connectivity index (χ0n) is 21.0. The van der Waals surface area contributed by atoms with E-state index in [1.165, 1.54) is 30.0 Å². The van der Waals surface area contributed by atoms with Crippen molar-refractivity contribution in [2.75, 3.05) is 19.6 Å². The summed E-state index contributed by atoms with van der Waals surface area (Å²) in [4.78, 5) is 20.5. The molecule has 7 nitrogen and oxygen atoms in total. The fraction of sp³-hybridized carbons (Fsp3) is 0.692. The standard InChI is InChI=1S/C26H40N4O3S/c1-4-17-29-24-14-13-21(34(32,33)28(5-2)6-3)19-22(24)27-25(29)15-16-26(31)30-18-9-12-23(30)20-10-7-8-11-20/h13-14,19-20,23H,4-12,15-18H2,1-3H3. The number of likely N-dealkylation sites (tertiary alicyclic amines) is 1. The number of hydrogen-bond donors (Lipinski definition) is 0. The van der Waals surface area contributed by atoms with Gasteiger partial charge in [-0.05, 0) is 56.2 Å². The molecule has 0 spiro atoms. The molecule has 34 heavy (non-hydrogen) atoms. The quantitative estimate of drug-likeness (QED) is 0.490. The summed E-state index contributed by atoms with van der Waals surface area (Å²) in [6, 6.07) is 5.68. The molecule has 2 fully saturated rings. The number of sulfonamides is 1. The second kappa shape index (κ2) is 10.8. The highest BCUT2D eigenvalue weighted by Gasteiger charge is 2.35. The van der Waals surface area contributed by atoms with Gasteiger partial charge in [-0.25, -0.2) is 13.4 Å². The van der Waals surface area contributed by atoms with Gasteiger partial charge in [-0.1, -0.05) is 33.6 Å². The van der Waals surface area contributed by atoms with Crippen molar-refractivity contribution in [3.05, 3.63) is 24.0 Å². The molecule has 2 aliphatic rings. The monoisotopic (exact) mass is 488 g/mol. The van der Waals surface area contributed by atoms with Crippen molar-refractivity contribution in [3.63, 3.8) is 0 Å². The number of fused-ring (bicyclic) bond motifs is 1. The van der Waals surface area contributed by atoms with Gasteiger partial charge in [-0.3, -0.25) is 4.79 Å². The van der Waals surface area contributed by atoms with Crippen LogP contribution in [0.2, 0.25) is 0 Å². The number of hydrogen-bond acceptors (Lipinski definition) is 4. The van der Waals surface area contributed by atoms with Crippen LogP contribution in [0.15, 0.2) is 23.1 Å². The summed E-state index contributed by atoms with van der Waals surface area (Å²) in [7, 11) is -3.54. The zero-order valence-corrected chi connectivity index (χ0v) is 21.8. The largest absolute Gasteiger partial charge is 0.339 e. The second-order valence-electron chi connectivity index (χ2n) is 9.76. The molecule has 4 rings (SSSR count). The summed E-state index contributed by atoms with van der Waals surface area (Å²) in [6.07, 6.45) is 9.38. The van der Waals surface area contributed by atoms with Gasteiger partial charge in [0, 0.05) is 45.1 Å². The lowest BCUT2D eigenvalue weighted by molar-refractivity contribution is -0.132. The summed E-state index contributed by atoms with van der Waals surface area (Å²) in [6.45, 7) is 8.38. The van der Waals surface area contributed by atoms with Gasteiger partial charge >= 0.3 is 0 Å². The van der Waals surface area contributed by atoms with Crippen molar-refractivity contribution in [3.8, 4) is 0 Å². The third-order valence-corrected chi connectivity index (χ3v) is 9.76. The first kappa shape index (κ1) is 25.2. The topological polar surface area (TPSA) is 75.5 Å². The van der Waals surface area contributed by atoms with Gasteiger partial charge in [0.05, 0.1) is 15.9 Å². The van der Waals surface area contributed by atoms with E-state index < -0.39 is 10.0 Å². The van der Waals surface area contributed by atoms with Crippen LogP contribution in [0, 0.1) is 5.92 Å². The average molecular weight is 489 g/mol. The molecule has 0 bridgehead atoms. The predicted octanol–water partition coefficient (Wildman–Crippen LogP) is 4.59. The van der Waals surface area contributed by atoms with Gasteiger partial charge in [0.25, 0.3) is 0 Å². The Morgan fingerprint density at radius 1 is 1.09 bits per heavy atom. The van der Waals surface area contributed by atoms with E-state index in [2.05, 4.69) is 16.4 Å². The minimum atomic E-state index is -3.54. The predicted molar refractivity (Wildman–Crippen MR) is 135 cm³/mol. The molecule has 1 unspecified atom stereocenters. The molecule has 0 radical (unpaired) electrons. The third-order valence-electron chi connectivity index (χ3n) is 7.72. The molecule has 2 aromatic rings. The van der Waals surface area contributed by atoms with Crippen LogP contribution in [0.4, 0.5) is 0 Å². The molecule has 2 heterocycles. The fourth-order valence-electron chi connectivity index (χ4n) is 5.99. The summed E-state index contributed by atoms with van der Waals surface area (Å²) in [5.41, 5.74) is 1.63. The van der Waals surface area contributed by atoms with Crippen molar-refractivity contribution >= 4 is 27.0 Å². The van der Waals surface area contributed by atoms with Gasteiger partial charge in [0.1, 0.15) is 5.82 Å². The Labute approximate surface area is 204 Å². The van der Waals surface area contributed by atoms with Gasteiger partial charge in [0.2, 0.25) is 15.9 Å². The summed E-state index contributed by atoms with van der Waals surface area (Å²) in [5.74, 6) is 1.80. The molecule has 1 aliphatic heterocycles. The van der Waals surface area contributed by atoms with Gasteiger partial charge in [-0.15, -0.1) is 0 Å². The van der Waals surface area contributed by atoms with Crippen LogP contribution in [-0.2, 0) is 27.8 Å². The molecule has 8 heteroatoms. The molecule has 188 valence electrons. The first-order chi connectivity index (χ1) is 16.4. The minimum Gasteiger partial charge on any atom is -0.339 e. The lowest BCUT2D eigenvalue weighted by Gasteiger charge is -2.29. The Morgan fingerprint density at radius 2 is 1.82 bits per heavy atom. The highest BCUT2D eigenvalue weighted by atomic mass is 32.2. The highest BCUT2D eigenvalue weighted by Crippen LogP contribution is 2.35. The van der Waals surface area contributed by atoms with Crippen LogP contribution in [0.25, 0.3) is 11.0 Å². The van der Waals surface area contributed by atoms with Crippen molar-refractivity contribution < 1.29 is 13.2 Å². The molecule has 1 atom stereocenters. The maximum Gasteiger partial charge on any atom is 0.243 e. The van der Waals surface area contributed by atoms with E-state index in [9.17, 15) is 13.2 Å². The average Bonchev–Trinajstić information content (AvgIpc) is 3.58. The maximum atomic E-state index is 13.2. The molecule has 1 amide bonds. The number of imidazole rings is 1. The number of carbonyl (C=O) groups is 1. The number of nitrogens with zero attached hydrogens (tertiary/aromatic N) is 4. The molecular formula is C26H40N4O3S. The summed E-state index contributed by atoms with van der Waals surface area (Å²) < 4.78 is 29.6. The third kappa shape index (κ3) is 4.89. The number of benzene rings is 1. The normalized spacial score (nSPS) is 19.6. The van der Waals surface area contributed by atoms with Crippen LogP contribution < -0.4 is 0 Å². The van der Waals surface area contributed by atoms with Crippen LogP contribution in [-0.4, -0.2) is 58.8 Å². The molecule has 1 aromatic carbocycles. The van der Waals surface area contributed by atoms with Gasteiger partial charge < -0.3 is 9.47 Å². The lowest BCUT2D eigenvalue weighted by atomic mass is 9.96. The van der Waals surface area contributed by atoms with Crippen LogP contribution >= 0.6 is 0 Å². The summed E-state index contributed by atoms with van der Waals surface area (Å²) >= 11 is 0. The van der Waals surface area contributed by atoms with Gasteiger partial charge in [0.15, 0.2) is 0 Å². The van der Waals surface area contributed by atoms with Crippen LogP contribution in [0.5, 0.6) is 0 Å². The SMILES string of the molecule is CCCn1c(CCC(=O)N2CCCC2C2CCCC2)nc2cc(S(=O)(=O)N(CC)CC)ccc21. The number of carbonyl (C=O) groups excluding carboxylic acids is 1. The Hall–Kier alpha value is -1.93. The fourth-order valence-corrected chi connectivity index (χ4v) is 7.47. The molecule has 1 aliphatic carbocycles. The number of aromatic nitrogens is 2. The highest BCUT2D eigenvalue weighted by molar-refractivity contribution is 7.89. The first-order valence-corrected chi connectivity index (χ1v) is 14.6. The zero-order chi connectivity index (χ0) is 24.3. The van der Waals surface area contributed by atoms with Crippen molar-refractivity contribution in [1.82, 2.24) is 18.8 Å². The van der Waals surface area contributed by atoms with E-state index in [-0.39, 0.29) is 10.8 Å². The number of rotatable bonds is 10. The van der Waals surface area contributed by atoms with E-state index in [0.717, 1.165) is 43.7 Å². The van der Waals surface area contributed by atoms with Crippen molar-refractivity contribution in [2.45, 2.75) is 96.0 Å². The van der Waals surface area contributed by atoms with E-state index in [0.29, 0.717) is 43.4 Å². The number of aryl methyl sites for hydroxylation is 2. The molecule has 1 saturated carbocycles. The Balaban J connectivity index is 1.54. The smallest absolute Gasteiger partial charge is 0.243 e. The number of amides is 1. The van der Waals surface area contributed by atoms with Crippen molar-refractivity contribution in [2.24, 2.45) is 5.92 Å².